The highest BCUT2D eigenvalue weighted by atomic mass is 16.2. The van der Waals surface area contributed by atoms with Gasteiger partial charge in [-0.3, -0.25) is 14.9 Å². The molecule has 104 valence electrons. The molecule has 0 saturated carbocycles. The highest BCUT2D eigenvalue weighted by Gasteiger charge is 2.24. The van der Waals surface area contributed by atoms with Gasteiger partial charge in [-0.1, -0.05) is 6.58 Å². The Morgan fingerprint density at radius 3 is 3.25 bits per heavy atom. The van der Waals surface area contributed by atoms with Crippen molar-refractivity contribution < 1.29 is 4.79 Å². The number of fused-ring (bicyclic) bond motifs is 1. The lowest BCUT2D eigenvalue weighted by atomic mass is 9.94. The smallest absolute Gasteiger partial charge is 0.245 e. The Morgan fingerprint density at radius 2 is 2.45 bits per heavy atom. The minimum absolute atomic E-state index is 0.0124. The number of aromatic amines is 1. The molecule has 0 aromatic carbocycles. The maximum Gasteiger partial charge on any atom is 0.245 e. The Kier molecular flexibility index (Phi) is 3.14. The van der Waals surface area contributed by atoms with Crippen molar-refractivity contribution in [1.82, 2.24) is 20.1 Å². The molecule has 3 rings (SSSR count). The van der Waals surface area contributed by atoms with E-state index in [0.717, 1.165) is 36.0 Å². The van der Waals surface area contributed by atoms with E-state index in [0.29, 0.717) is 12.4 Å². The van der Waals surface area contributed by atoms with Crippen LogP contribution in [0.5, 0.6) is 0 Å². The molecular formula is C14H17N5O. The number of likely N-dealkylation sites (tertiary alicyclic amines) is 1. The quantitative estimate of drug-likeness (QED) is 0.809. The van der Waals surface area contributed by atoms with Gasteiger partial charge in [-0.25, -0.2) is 0 Å². The lowest BCUT2D eigenvalue weighted by molar-refractivity contribution is -0.127. The van der Waals surface area contributed by atoms with Crippen molar-refractivity contribution in [2.45, 2.75) is 18.8 Å². The lowest BCUT2D eigenvalue weighted by Gasteiger charge is -2.31. The van der Waals surface area contributed by atoms with Crippen LogP contribution in [-0.4, -0.2) is 39.1 Å². The molecule has 1 fully saturated rings. The molecule has 3 N–H and O–H groups in total. The predicted molar refractivity (Wildman–Crippen MR) is 77.1 cm³/mol. The summed E-state index contributed by atoms with van der Waals surface area (Å²) < 4.78 is 0. The van der Waals surface area contributed by atoms with Gasteiger partial charge in [0.1, 0.15) is 0 Å². The number of piperidine rings is 1. The number of nitrogen functional groups attached to an aromatic ring is 1. The fraction of sp³-hybridized carbons (Fsp3) is 0.357. The number of amides is 1. The number of nitrogens with two attached hydrogens (primary N) is 1. The Hall–Kier alpha value is -2.37. The van der Waals surface area contributed by atoms with Crippen LogP contribution in [0.2, 0.25) is 0 Å². The highest BCUT2D eigenvalue weighted by Crippen LogP contribution is 2.28. The molecule has 3 heterocycles. The van der Waals surface area contributed by atoms with Crippen molar-refractivity contribution in [3.8, 4) is 0 Å². The van der Waals surface area contributed by atoms with Crippen molar-refractivity contribution in [1.29, 1.82) is 0 Å². The highest BCUT2D eigenvalue weighted by molar-refractivity contribution is 5.88. The number of nitrogens with one attached hydrogen (secondary N) is 1. The predicted octanol–water partition coefficient (Wildman–Crippen LogP) is 1.43. The molecule has 0 bridgehead atoms. The van der Waals surface area contributed by atoms with E-state index in [2.05, 4.69) is 21.8 Å². The number of pyridine rings is 1. The van der Waals surface area contributed by atoms with E-state index in [1.165, 1.54) is 6.08 Å². The minimum atomic E-state index is -0.0124. The second-order valence-electron chi connectivity index (χ2n) is 5.09. The number of hydrogen-bond acceptors (Lipinski definition) is 4. The van der Waals surface area contributed by atoms with Crippen LogP contribution in [0.1, 0.15) is 24.5 Å². The summed E-state index contributed by atoms with van der Waals surface area (Å²) in [5.74, 6) is 0.703. The summed E-state index contributed by atoms with van der Waals surface area (Å²) in [6.07, 6.45) is 5.13. The van der Waals surface area contributed by atoms with Gasteiger partial charge in [-0.05, 0) is 25.0 Å². The Labute approximate surface area is 116 Å². The number of carbonyl (C=O) groups is 1. The average Bonchev–Trinajstić information content (AvgIpc) is 2.87. The number of aromatic nitrogens is 3. The van der Waals surface area contributed by atoms with Crippen LogP contribution in [0.4, 0.5) is 5.82 Å². The molecular weight excluding hydrogens is 254 g/mol. The van der Waals surface area contributed by atoms with Gasteiger partial charge in [-0.2, -0.15) is 5.10 Å². The van der Waals surface area contributed by atoms with E-state index in [4.69, 9.17) is 5.73 Å². The van der Waals surface area contributed by atoms with Crippen molar-refractivity contribution >= 4 is 22.6 Å². The first-order chi connectivity index (χ1) is 9.69. The van der Waals surface area contributed by atoms with Crippen LogP contribution in [0.15, 0.2) is 24.9 Å². The monoisotopic (exact) mass is 271 g/mol. The molecule has 1 amide bonds. The van der Waals surface area contributed by atoms with Crippen LogP contribution in [0, 0.1) is 0 Å². The fourth-order valence-corrected chi connectivity index (χ4v) is 2.72. The standard InChI is InChI=1S/C14H17N5O/c1-2-13(20)19-5-3-4-9(8-19)11-6-12-10(7-16-11)14(15)18-17-12/h2,6-7,9H,1,3-5,8H2,(H3,15,17,18). The third-order valence-electron chi connectivity index (χ3n) is 3.82. The Balaban J connectivity index is 1.86. The van der Waals surface area contributed by atoms with Crippen LogP contribution in [-0.2, 0) is 4.79 Å². The summed E-state index contributed by atoms with van der Waals surface area (Å²) in [6.45, 7) is 5.02. The van der Waals surface area contributed by atoms with Gasteiger partial charge in [-0.15, -0.1) is 0 Å². The zero-order valence-electron chi connectivity index (χ0n) is 11.2. The zero-order valence-corrected chi connectivity index (χ0v) is 11.2. The first-order valence-electron chi connectivity index (χ1n) is 6.70. The average molecular weight is 271 g/mol. The summed E-state index contributed by atoms with van der Waals surface area (Å²) in [6, 6.07) is 1.98. The topological polar surface area (TPSA) is 87.9 Å². The number of nitrogens with zero attached hydrogens (tertiary/aromatic N) is 3. The minimum Gasteiger partial charge on any atom is -0.382 e. The van der Waals surface area contributed by atoms with Crippen molar-refractivity contribution in [3.05, 3.63) is 30.6 Å². The molecule has 1 atom stereocenters. The number of hydrogen-bond donors (Lipinski definition) is 2. The number of anilines is 1. The first-order valence-corrected chi connectivity index (χ1v) is 6.70. The van der Waals surface area contributed by atoms with E-state index >= 15 is 0 Å². The number of carbonyl (C=O) groups excluding carboxylic acids is 1. The van der Waals surface area contributed by atoms with Crippen LogP contribution >= 0.6 is 0 Å². The molecule has 2 aromatic rings. The normalized spacial score (nSPS) is 19.2. The van der Waals surface area contributed by atoms with Gasteiger partial charge in [0.25, 0.3) is 0 Å². The molecule has 1 unspecified atom stereocenters. The van der Waals surface area contributed by atoms with Crippen molar-refractivity contribution in [2.75, 3.05) is 18.8 Å². The van der Waals surface area contributed by atoms with Gasteiger partial charge < -0.3 is 10.6 Å². The second kappa shape index (κ2) is 4.96. The summed E-state index contributed by atoms with van der Waals surface area (Å²) >= 11 is 0. The SMILES string of the molecule is C=CC(=O)N1CCCC(c2cc3[nH]nc(N)c3cn2)C1. The van der Waals surface area contributed by atoms with Gasteiger partial charge in [0.15, 0.2) is 5.82 Å². The maximum absolute atomic E-state index is 11.7. The summed E-state index contributed by atoms with van der Waals surface area (Å²) in [5, 5.41) is 7.71. The lowest BCUT2D eigenvalue weighted by Crippen LogP contribution is -2.38. The molecule has 0 radical (unpaired) electrons. The van der Waals surface area contributed by atoms with E-state index in [9.17, 15) is 4.79 Å². The van der Waals surface area contributed by atoms with E-state index in [1.54, 1.807) is 6.20 Å². The Morgan fingerprint density at radius 1 is 1.60 bits per heavy atom. The van der Waals surface area contributed by atoms with Crippen LogP contribution < -0.4 is 5.73 Å². The number of rotatable bonds is 2. The van der Waals surface area contributed by atoms with E-state index in [1.807, 2.05) is 11.0 Å². The second-order valence-corrected chi connectivity index (χ2v) is 5.09. The van der Waals surface area contributed by atoms with Gasteiger partial charge in [0.05, 0.1) is 10.9 Å². The van der Waals surface area contributed by atoms with Crippen LogP contribution in [0.3, 0.4) is 0 Å². The van der Waals surface area contributed by atoms with E-state index in [-0.39, 0.29) is 11.8 Å². The summed E-state index contributed by atoms with van der Waals surface area (Å²) in [7, 11) is 0. The molecule has 1 saturated heterocycles. The van der Waals surface area contributed by atoms with Crippen molar-refractivity contribution in [3.63, 3.8) is 0 Å². The molecule has 6 heteroatoms. The Bertz CT molecular complexity index is 663. The van der Waals surface area contributed by atoms with Gasteiger partial charge in [0.2, 0.25) is 5.91 Å². The van der Waals surface area contributed by atoms with Crippen molar-refractivity contribution in [2.24, 2.45) is 0 Å². The molecule has 0 aliphatic carbocycles. The zero-order chi connectivity index (χ0) is 14.1. The number of H-pyrrole nitrogens is 1. The fourth-order valence-electron chi connectivity index (χ4n) is 2.72. The first kappa shape index (κ1) is 12.7. The molecule has 6 nitrogen and oxygen atoms in total. The third kappa shape index (κ3) is 2.13. The maximum atomic E-state index is 11.7. The summed E-state index contributed by atoms with van der Waals surface area (Å²) in [5.41, 5.74) is 7.60. The largest absolute Gasteiger partial charge is 0.382 e. The summed E-state index contributed by atoms with van der Waals surface area (Å²) in [4.78, 5) is 18.0. The van der Waals surface area contributed by atoms with E-state index < -0.39 is 0 Å². The molecule has 2 aromatic heterocycles. The van der Waals surface area contributed by atoms with Crippen LogP contribution in [0.25, 0.3) is 10.9 Å². The molecule has 20 heavy (non-hydrogen) atoms. The molecule has 1 aliphatic rings. The molecule has 0 spiro atoms. The van der Waals surface area contributed by atoms with Gasteiger partial charge >= 0.3 is 0 Å². The van der Waals surface area contributed by atoms with Gasteiger partial charge in [0, 0.05) is 30.9 Å². The third-order valence-corrected chi connectivity index (χ3v) is 3.82. The molecule has 1 aliphatic heterocycles.